The first kappa shape index (κ1) is 15.7. The third-order valence-electron chi connectivity index (χ3n) is 3.44. The van der Waals surface area contributed by atoms with E-state index in [1.54, 1.807) is 37.1 Å². The number of carbonyl (C=O) groups excluding carboxylic acids is 1. The molecule has 0 bridgehead atoms. The van der Waals surface area contributed by atoms with E-state index in [9.17, 15) is 9.59 Å². The van der Waals surface area contributed by atoms with Gasteiger partial charge in [-0.25, -0.2) is 9.67 Å². The molecule has 0 saturated heterocycles. The third kappa shape index (κ3) is 3.30. The third-order valence-corrected chi connectivity index (χ3v) is 3.44. The molecule has 0 aliphatic rings. The topological polar surface area (TPSA) is 88.3 Å². The molecule has 0 saturated carbocycles. The number of carboxylic acids is 1. The summed E-state index contributed by atoms with van der Waals surface area (Å²) in [5, 5.41) is 13.0. The van der Waals surface area contributed by atoms with Gasteiger partial charge in [0.1, 0.15) is 12.7 Å². The van der Waals surface area contributed by atoms with Crippen LogP contribution in [0.4, 0.5) is 0 Å². The Morgan fingerprint density at radius 1 is 1.41 bits per heavy atom. The highest BCUT2D eigenvalue weighted by Gasteiger charge is 2.19. The van der Waals surface area contributed by atoms with Gasteiger partial charge in [-0.15, -0.1) is 0 Å². The van der Waals surface area contributed by atoms with Gasteiger partial charge in [-0.3, -0.25) is 9.59 Å². The molecule has 0 fully saturated rings. The Balaban J connectivity index is 2.18. The maximum Gasteiger partial charge on any atom is 0.308 e. The molecular weight excluding hydrogens is 284 g/mol. The van der Waals surface area contributed by atoms with Crippen molar-refractivity contribution in [2.75, 3.05) is 13.6 Å². The van der Waals surface area contributed by atoms with Gasteiger partial charge in [0.15, 0.2) is 0 Å². The predicted molar refractivity (Wildman–Crippen MR) is 79.9 cm³/mol. The van der Waals surface area contributed by atoms with Crippen LogP contribution >= 0.6 is 0 Å². The van der Waals surface area contributed by atoms with Crippen molar-refractivity contribution in [3.63, 3.8) is 0 Å². The fraction of sp³-hybridized carbons (Fsp3) is 0.333. The molecule has 2 aromatic rings. The Morgan fingerprint density at radius 2 is 2.14 bits per heavy atom. The van der Waals surface area contributed by atoms with Crippen molar-refractivity contribution in [3.8, 4) is 5.69 Å². The van der Waals surface area contributed by atoms with Crippen LogP contribution in [-0.4, -0.2) is 50.2 Å². The van der Waals surface area contributed by atoms with Crippen LogP contribution in [0.1, 0.15) is 22.8 Å². The summed E-state index contributed by atoms with van der Waals surface area (Å²) in [5.41, 5.74) is 2.16. The predicted octanol–water partition coefficient (Wildman–Crippen LogP) is 1.37. The molecule has 0 radical (unpaired) electrons. The first-order chi connectivity index (χ1) is 10.4. The minimum Gasteiger partial charge on any atom is -0.481 e. The van der Waals surface area contributed by atoms with Crippen LogP contribution in [0, 0.1) is 12.8 Å². The average molecular weight is 302 g/mol. The van der Waals surface area contributed by atoms with Crippen molar-refractivity contribution in [3.05, 3.63) is 42.0 Å². The van der Waals surface area contributed by atoms with Crippen LogP contribution < -0.4 is 0 Å². The first-order valence-electron chi connectivity index (χ1n) is 6.84. The summed E-state index contributed by atoms with van der Waals surface area (Å²) < 4.78 is 1.61. The standard InChI is InChI=1S/C15H18N4O3/c1-10-6-12(19-9-16-8-17-19)4-5-13(10)14(20)18(3)7-11(2)15(21)22/h4-6,8-9,11H,7H2,1-3H3,(H,21,22). The zero-order valence-electron chi connectivity index (χ0n) is 12.7. The quantitative estimate of drug-likeness (QED) is 0.901. The second kappa shape index (κ2) is 6.38. The first-order valence-corrected chi connectivity index (χ1v) is 6.84. The fourth-order valence-electron chi connectivity index (χ4n) is 2.15. The SMILES string of the molecule is Cc1cc(-n2cncn2)ccc1C(=O)N(C)CC(C)C(=O)O. The van der Waals surface area contributed by atoms with E-state index in [0.29, 0.717) is 5.56 Å². The van der Waals surface area contributed by atoms with Crippen molar-refractivity contribution < 1.29 is 14.7 Å². The Bertz CT molecular complexity index is 682. The lowest BCUT2D eigenvalue weighted by Gasteiger charge is -2.20. The number of amides is 1. The molecule has 1 heterocycles. The lowest BCUT2D eigenvalue weighted by molar-refractivity contribution is -0.141. The zero-order valence-corrected chi connectivity index (χ0v) is 12.7. The van der Waals surface area contributed by atoms with Crippen LogP contribution in [0.2, 0.25) is 0 Å². The van der Waals surface area contributed by atoms with E-state index >= 15 is 0 Å². The van der Waals surface area contributed by atoms with Gasteiger partial charge in [-0.05, 0) is 30.7 Å². The maximum absolute atomic E-state index is 12.4. The number of benzene rings is 1. The fourth-order valence-corrected chi connectivity index (χ4v) is 2.15. The molecular formula is C15H18N4O3. The molecule has 1 aromatic heterocycles. The largest absolute Gasteiger partial charge is 0.481 e. The Morgan fingerprint density at radius 3 is 2.68 bits per heavy atom. The normalized spacial score (nSPS) is 12.0. The number of hydrogen-bond acceptors (Lipinski definition) is 4. The molecule has 0 aliphatic carbocycles. The van der Waals surface area contributed by atoms with Crippen molar-refractivity contribution >= 4 is 11.9 Å². The smallest absolute Gasteiger partial charge is 0.308 e. The average Bonchev–Trinajstić information content (AvgIpc) is 3.00. The molecule has 7 nitrogen and oxygen atoms in total. The van der Waals surface area contributed by atoms with E-state index < -0.39 is 11.9 Å². The number of nitrogens with zero attached hydrogens (tertiary/aromatic N) is 4. The van der Waals surface area contributed by atoms with Gasteiger partial charge in [0, 0.05) is 19.2 Å². The van der Waals surface area contributed by atoms with Gasteiger partial charge in [-0.2, -0.15) is 5.10 Å². The highest BCUT2D eigenvalue weighted by molar-refractivity contribution is 5.96. The van der Waals surface area contributed by atoms with E-state index in [1.807, 2.05) is 13.0 Å². The minimum absolute atomic E-state index is 0.165. The second-order valence-electron chi connectivity index (χ2n) is 5.26. The number of aryl methyl sites for hydroxylation is 1. The number of aromatic nitrogens is 3. The van der Waals surface area contributed by atoms with Gasteiger partial charge in [0.2, 0.25) is 0 Å². The van der Waals surface area contributed by atoms with Crippen molar-refractivity contribution in [1.29, 1.82) is 0 Å². The number of rotatable bonds is 5. The van der Waals surface area contributed by atoms with Crippen LogP contribution in [0.25, 0.3) is 5.69 Å². The molecule has 0 spiro atoms. The van der Waals surface area contributed by atoms with E-state index in [0.717, 1.165) is 11.3 Å². The Kier molecular flexibility index (Phi) is 4.55. The number of carboxylic acid groups (broad SMARTS) is 1. The van der Waals surface area contributed by atoms with E-state index in [2.05, 4.69) is 10.1 Å². The molecule has 1 N–H and O–H groups in total. The van der Waals surface area contributed by atoms with Gasteiger partial charge in [0.25, 0.3) is 5.91 Å². The van der Waals surface area contributed by atoms with Crippen LogP contribution in [0.15, 0.2) is 30.9 Å². The molecule has 1 amide bonds. The Labute approximate surface area is 128 Å². The maximum atomic E-state index is 12.4. The van der Waals surface area contributed by atoms with Crippen LogP contribution in [0.5, 0.6) is 0 Å². The second-order valence-corrected chi connectivity index (χ2v) is 5.26. The summed E-state index contributed by atoms with van der Waals surface area (Å²) in [4.78, 5) is 28.6. The van der Waals surface area contributed by atoms with Gasteiger partial charge < -0.3 is 10.0 Å². The molecule has 2 rings (SSSR count). The van der Waals surface area contributed by atoms with Gasteiger partial charge in [0.05, 0.1) is 11.6 Å². The monoisotopic (exact) mass is 302 g/mol. The number of hydrogen-bond donors (Lipinski definition) is 1. The van der Waals surface area contributed by atoms with Crippen molar-refractivity contribution in [2.45, 2.75) is 13.8 Å². The highest BCUT2D eigenvalue weighted by Crippen LogP contribution is 2.16. The molecule has 1 atom stereocenters. The summed E-state index contributed by atoms with van der Waals surface area (Å²) in [5.74, 6) is -1.72. The van der Waals surface area contributed by atoms with Crippen LogP contribution in [0.3, 0.4) is 0 Å². The van der Waals surface area contributed by atoms with Crippen molar-refractivity contribution in [2.24, 2.45) is 5.92 Å². The summed E-state index contributed by atoms with van der Waals surface area (Å²) in [6, 6.07) is 5.34. The molecule has 1 unspecified atom stereocenters. The van der Waals surface area contributed by atoms with Crippen molar-refractivity contribution in [1.82, 2.24) is 19.7 Å². The summed E-state index contributed by atoms with van der Waals surface area (Å²) in [7, 11) is 1.60. The molecule has 7 heteroatoms. The van der Waals surface area contributed by atoms with Gasteiger partial charge in [-0.1, -0.05) is 6.92 Å². The highest BCUT2D eigenvalue weighted by atomic mass is 16.4. The van der Waals surface area contributed by atoms with E-state index in [-0.39, 0.29) is 12.5 Å². The lowest BCUT2D eigenvalue weighted by Crippen LogP contribution is -2.34. The summed E-state index contributed by atoms with van der Waals surface area (Å²) in [6.45, 7) is 3.58. The zero-order chi connectivity index (χ0) is 16.3. The molecule has 1 aromatic carbocycles. The molecule has 0 aliphatic heterocycles. The van der Waals surface area contributed by atoms with E-state index in [4.69, 9.17) is 5.11 Å². The number of carbonyl (C=O) groups is 2. The molecule has 116 valence electrons. The van der Waals surface area contributed by atoms with Gasteiger partial charge >= 0.3 is 5.97 Å². The summed E-state index contributed by atoms with van der Waals surface area (Å²) >= 11 is 0. The Hall–Kier alpha value is -2.70. The van der Waals surface area contributed by atoms with Crippen LogP contribution in [-0.2, 0) is 4.79 Å². The summed E-state index contributed by atoms with van der Waals surface area (Å²) in [6.07, 6.45) is 3.02. The lowest BCUT2D eigenvalue weighted by atomic mass is 10.1. The minimum atomic E-state index is -0.919. The number of aliphatic carboxylic acids is 1. The van der Waals surface area contributed by atoms with E-state index in [1.165, 1.54) is 11.2 Å². The molecule has 22 heavy (non-hydrogen) atoms.